The van der Waals surface area contributed by atoms with Gasteiger partial charge >= 0.3 is 0 Å². The molecule has 0 aliphatic heterocycles. The highest BCUT2D eigenvalue weighted by Gasteiger charge is 2.39. The molecule has 1 aromatic heterocycles. The zero-order valence-corrected chi connectivity index (χ0v) is 12.7. The molecule has 4 nitrogen and oxygen atoms in total. The summed E-state index contributed by atoms with van der Waals surface area (Å²) in [6.45, 7) is 4.20. The number of nitrogens with zero attached hydrogens (tertiary/aromatic N) is 2. The first-order chi connectivity index (χ1) is 10.1. The lowest BCUT2D eigenvalue weighted by Gasteiger charge is -2.02. The van der Waals surface area contributed by atoms with E-state index in [-0.39, 0.29) is 11.9 Å². The molecule has 0 spiro atoms. The molecule has 1 aliphatic rings. The second kappa shape index (κ2) is 5.35. The predicted octanol–water partition coefficient (Wildman–Crippen LogP) is 2.83. The number of rotatable bonds is 4. The Kier molecular flexibility index (Phi) is 3.53. The lowest BCUT2D eigenvalue weighted by atomic mass is 10.1. The Morgan fingerprint density at radius 3 is 2.67 bits per heavy atom. The highest BCUT2D eigenvalue weighted by molar-refractivity contribution is 5.93. The standard InChI is InChI=1S/C17H21N3O/c1-11(2)16-10-15(19-20(16)3)17(21)18-14-9-13(14)12-7-5-4-6-8-12/h4-8,10-11,13-14H,9H2,1-3H3,(H,18,21)/t13-,14+/m1/s1. The average molecular weight is 283 g/mol. The third kappa shape index (κ3) is 2.84. The highest BCUT2D eigenvalue weighted by Crippen LogP contribution is 2.40. The van der Waals surface area contributed by atoms with Crippen molar-refractivity contribution in [3.8, 4) is 0 Å². The molecule has 0 unspecified atom stereocenters. The number of aryl methyl sites for hydroxylation is 1. The van der Waals surface area contributed by atoms with Gasteiger partial charge in [-0.15, -0.1) is 0 Å². The maximum absolute atomic E-state index is 12.3. The molecule has 2 atom stereocenters. The Morgan fingerprint density at radius 1 is 1.33 bits per heavy atom. The summed E-state index contributed by atoms with van der Waals surface area (Å²) >= 11 is 0. The third-order valence-electron chi connectivity index (χ3n) is 4.07. The molecule has 1 aliphatic carbocycles. The number of carbonyl (C=O) groups excluding carboxylic acids is 1. The minimum Gasteiger partial charge on any atom is -0.347 e. The van der Waals surface area contributed by atoms with Crippen LogP contribution in [0.25, 0.3) is 0 Å². The molecule has 1 aromatic carbocycles. The zero-order valence-electron chi connectivity index (χ0n) is 12.7. The van der Waals surface area contributed by atoms with Gasteiger partial charge in [-0.1, -0.05) is 44.2 Å². The third-order valence-corrected chi connectivity index (χ3v) is 4.07. The van der Waals surface area contributed by atoms with Crippen LogP contribution in [0.5, 0.6) is 0 Å². The number of hydrogen-bond donors (Lipinski definition) is 1. The summed E-state index contributed by atoms with van der Waals surface area (Å²) in [6.07, 6.45) is 1.01. The van der Waals surface area contributed by atoms with Gasteiger partial charge in [-0.3, -0.25) is 9.48 Å². The quantitative estimate of drug-likeness (QED) is 0.938. The van der Waals surface area contributed by atoms with Crippen molar-refractivity contribution in [1.82, 2.24) is 15.1 Å². The van der Waals surface area contributed by atoms with E-state index in [9.17, 15) is 4.79 Å². The maximum Gasteiger partial charge on any atom is 0.272 e. The van der Waals surface area contributed by atoms with Gasteiger partial charge in [0.05, 0.1) is 0 Å². The Labute approximate surface area is 125 Å². The highest BCUT2D eigenvalue weighted by atomic mass is 16.2. The van der Waals surface area contributed by atoms with Crippen molar-refractivity contribution in [3.63, 3.8) is 0 Å². The lowest BCUT2D eigenvalue weighted by molar-refractivity contribution is 0.0944. The van der Waals surface area contributed by atoms with Gasteiger partial charge in [0.2, 0.25) is 0 Å². The van der Waals surface area contributed by atoms with E-state index in [4.69, 9.17) is 0 Å². The number of carbonyl (C=O) groups is 1. The number of hydrogen-bond acceptors (Lipinski definition) is 2. The van der Waals surface area contributed by atoms with Crippen molar-refractivity contribution in [3.05, 3.63) is 53.3 Å². The first-order valence-corrected chi connectivity index (χ1v) is 7.46. The summed E-state index contributed by atoms with van der Waals surface area (Å²) in [4.78, 5) is 12.3. The van der Waals surface area contributed by atoms with Crippen LogP contribution in [0.15, 0.2) is 36.4 Å². The molecule has 1 saturated carbocycles. The number of nitrogens with one attached hydrogen (secondary N) is 1. The van der Waals surface area contributed by atoms with Crippen molar-refractivity contribution in [2.75, 3.05) is 0 Å². The van der Waals surface area contributed by atoms with Crippen LogP contribution in [-0.2, 0) is 7.05 Å². The first-order valence-electron chi connectivity index (χ1n) is 7.46. The fourth-order valence-corrected chi connectivity index (χ4v) is 2.80. The SMILES string of the molecule is CC(C)c1cc(C(=O)N[C@H]2C[C@@H]2c2ccccc2)nn1C. The second-order valence-electron chi connectivity index (χ2n) is 6.07. The van der Waals surface area contributed by atoms with Gasteiger partial charge in [0.25, 0.3) is 5.91 Å². The molecule has 4 heteroatoms. The van der Waals surface area contributed by atoms with Crippen molar-refractivity contribution < 1.29 is 4.79 Å². The summed E-state index contributed by atoms with van der Waals surface area (Å²) in [6, 6.07) is 12.5. The van der Waals surface area contributed by atoms with Crippen LogP contribution in [0.1, 0.15) is 53.8 Å². The molecule has 1 N–H and O–H groups in total. The Bertz CT molecular complexity index is 645. The van der Waals surface area contributed by atoms with Gasteiger partial charge in [-0.05, 0) is 24.0 Å². The van der Waals surface area contributed by atoms with Crippen LogP contribution >= 0.6 is 0 Å². The Hall–Kier alpha value is -2.10. The summed E-state index contributed by atoms with van der Waals surface area (Å²) < 4.78 is 1.79. The van der Waals surface area contributed by atoms with E-state index >= 15 is 0 Å². The molecule has 3 rings (SSSR count). The molecule has 1 amide bonds. The number of amides is 1. The topological polar surface area (TPSA) is 46.9 Å². The van der Waals surface area contributed by atoms with Crippen LogP contribution in [0.4, 0.5) is 0 Å². The molecule has 0 bridgehead atoms. The largest absolute Gasteiger partial charge is 0.347 e. The summed E-state index contributed by atoms with van der Waals surface area (Å²) in [5.41, 5.74) is 2.89. The normalized spacial score (nSPS) is 20.6. The smallest absolute Gasteiger partial charge is 0.272 e. The molecule has 1 fully saturated rings. The van der Waals surface area contributed by atoms with Gasteiger partial charge in [0, 0.05) is 24.7 Å². The van der Waals surface area contributed by atoms with E-state index in [2.05, 4.69) is 36.4 Å². The predicted molar refractivity (Wildman–Crippen MR) is 82.4 cm³/mol. The Morgan fingerprint density at radius 2 is 2.05 bits per heavy atom. The van der Waals surface area contributed by atoms with Gasteiger partial charge in [-0.25, -0.2) is 0 Å². The summed E-state index contributed by atoms with van der Waals surface area (Å²) in [7, 11) is 1.88. The zero-order chi connectivity index (χ0) is 15.0. The van der Waals surface area contributed by atoms with E-state index in [1.54, 1.807) is 4.68 Å². The van der Waals surface area contributed by atoms with Crippen LogP contribution in [0, 0.1) is 0 Å². The van der Waals surface area contributed by atoms with Crippen molar-refractivity contribution in [2.45, 2.75) is 38.1 Å². The van der Waals surface area contributed by atoms with E-state index in [0.717, 1.165) is 12.1 Å². The summed E-state index contributed by atoms with van der Waals surface area (Å²) in [5, 5.41) is 7.40. The van der Waals surface area contributed by atoms with Crippen molar-refractivity contribution >= 4 is 5.91 Å². The fourth-order valence-electron chi connectivity index (χ4n) is 2.80. The molecule has 110 valence electrons. The number of benzene rings is 1. The fraction of sp³-hybridized carbons (Fsp3) is 0.412. The minimum atomic E-state index is -0.0686. The van der Waals surface area contributed by atoms with Gasteiger partial charge < -0.3 is 5.32 Å². The minimum absolute atomic E-state index is 0.0686. The monoisotopic (exact) mass is 283 g/mol. The van der Waals surface area contributed by atoms with Crippen LogP contribution in [0.2, 0.25) is 0 Å². The summed E-state index contributed by atoms with van der Waals surface area (Å²) in [5.74, 6) is 0.742. The van der Waals surface area contributed by atoms with E-state index in [1.165, 1.54) is 5.56 Å². The van der Waals surface area contributed by atoms with Gasteiger partial charge in [0.1, 0.15) is 5.69 Å². The molecule has 0 saturated heterocycles. The van der Waals surface area contributed by atoms with Crippen molar-refractivity contribution in [2.24, 2.45) is 7.05 Å². The van der Waals surface area contributed by atoms with E-state index in [0.29, 0.717) is 17.5 Å². The van der Waals surface area contributed by atoms with Crippen LogP contribution in [-0.4, -0.2) is 21.7 Å². The Balaban J connectivity index is 1.64. The maximum atomic E-state index is 12.3. The molecular formula is C17H21N3O. The van der Waals surface area contributed by atoms with Gasteiger partial charge in [0.15, 0.2) is 0 Å². The van der Waals surface area contributed by atoms with Crippen LogP contribution in [0.3, 0.4) is 0 Å². The molecule has 1 heterocycles. The lowest BCUT2D eigenvalue weighted by Crippen LogP contribution is -2.27. The van der Waals surface area contributed by atoms with Crippen LogP contribution < -0.4 is 5.32 Å². The number of aromatic nitrogens is 2. The van der Waals surface area contributed by atoms with Crippen molar-refractivity contribution in [1.29, 1.82) is 0 Å². The van der Waals surface area contributed by atoms with E-state index in [1.807, 2.05) is 31.3 Å². The van der Waals surface area contributed by atoms with E-state index < -0.39 is 0 Å². The second-order valence-corrected chi connectivity index (χ2v) is 6.07. The molecular weight excluding hydrogens is 262 g/mol. The van der Waals surface area contributed by atoms with Gasteiger partial charge in [-0.2, -0.15) is 5.10 Å². The molecule has 2 aromatic rings. The molecule has 21 heavy (non-hydrogen) atoms. The molecule has 0 radical (unpaired) electrons. The first kappa shape index (κ1) is 13.9. The average Bonchev–Trinajstić information content (AvgIpc) is 3.11.